The molecule has 0 radical (unpaired) electrons. The highest BCUT2D eigenvalue weighted by Gasteiger charge is 2.08. The molecule has 98 valence electrons. The van der Waals surface area contributed by atoms with Crippen LogP contribution < -0.4 is 10.5 Å². The Morgan fingerprint density at radius 1 is 1.21 bits per heavy atom. The first kappa shape index (κ1) is 14.0. The molecular weight excluding hydrogens is 326 g/mol. The summed E-state index contributed by atoms with van der Waals surface area (Å²) in [5, 5.41) is 8.99. The van der Waals surface area contributed by atoms with Crippen molar-refractivity contribution in [2.75, 3.05) is 0 Å². The van der Waals surface area contributed by atoms with Crippen LogP contribution in [0.25, 0.3) is 0 Å². The van der Waals surface area contributed by atoms with Gasteiger partial charge in [-0.3, -0.25) is 0 Å². The summed E-state index contributed by atoms with van der Waals surface area (Å²) >= 11 is 8.38. The third-order valence-corrected chi connectivity index (χ3v) is 3.26. The quantitative estimate of drug-likeness (QED) is 0.840. The fourth-order valence-corrected chi connectivity index (χ4v) is 2.08. The van der Waals surface area contributed by atoms with Crippen LogP contribution in [0.4, 0.5) is 0 Å². The Balaban J connectivity index is 2.31. The monoisotopic (exact) mass is 337 g/mol. The van der Waals surface area contributed by atoms with Crippen LogP contribution in [0.2, 0.25) is 0 Å². The molecule has 0 heterocycles. The Morgan fingerprint density at radius 3 is 2.47 bits per heavy atom. The van der Waals surface area contributed by atoms with Crippen LogP contribution in [0.1, 0.15) is 11.1 Å². The molecule has 2 aromatic carbocycles. The SMILES string of the molecule is NC(=S)c1ccc(Br)cc1Oc1ccc(CO)cc1. The van der Waals surface area contributed by atoms with E-state index in [0.29, 0.717) is 17.1 Å². The molecule has 19 heavy (non-hydrogen) atoms. The van der Waals surface area contributed by atoms with Gasteiger partial charge in [0.15, 0.2) is 0 Å². The molecule has 2 rings (SSSR count). The number of aliphatic hydroxyl groups is 1. The maximum absolute atomic E-state index is 8.99. The third kappa shape index (κ3) is 3.53. The van der Waals surface area contributed by atoms with Gasteiger partial charge in [0.2, 0.25) is 0 Å². The first-order chi connectivity index (χ1) is 9.10. The van der Waals surface area contributed by atoms with E-state index in [1.807, 2.05) is 18.2 Å². The molecule has 2 aromatic rings. The normalized spacial score (nSPS) is 10.2. The van der Waals surface area contributed by atoms with Gasteiger partial charge < -0.3 is 15.6 Å². The molecule has 0 aromatic heterocycles. The van der Waals surface area contributed by atoms with Gasteiger partial charge in [0, 0.05) is 4.47 Å². The lowest BCUT2D eigenvalue weighted by Crippen LogP contribution is -2.10. The van der Waals surface area contributed by atoms with E-state index in [9.17, 15) is 0 Å². The zero-order valence-corrected chi connectivity index (χ0v) is 12.4. The Hall–Kier alpha value is -1.43. The molecule has 0 aliphatic carbocycles. The number of aliphatic hydroxyl groups excluding tert-OH is 1. The number of hydrogen-bond donors (Lipinski definition) is 2. The van der Waals surface area contributed by atoms with Crippen LogP contribution in [-0.4, -0.2) is 10.1 Å². The summed E-state index contributed by atoms with van der Waals surface area (Å²) in [4.78, 5) is 0.287. The number of thiocarbonyl (C=S) groups is 1. The van der Waals surface area contributed by atoms with Gasteiger partial charge >= 0.3 is 0 Å². The van der Waals surface area contributed by atoms with Crippen molar-refractivity contribution in [1.82, 2.24) is 0 Å². The van der Waals surface area contributed by atoms with Gasteiger partial charge in [-0.15, -0.1) is 0 Å². The van der Waals surface area contributed by atoms with Gasteiger partial charge in [-0.25, -0.2) is 0 Å². The van der Waals surface area contributed by atoms with Crippen LogP contribution >= 0.6 is 28.1 Å². The predicted molar refractivity (Wildman–Crippen MR) is 82.5 cm³/mol. The van der Waals surface area contributed by atoms with Crippen molar-refractivity contribution in [3.8, 4) is 11.5 Å². The van der Waals surface area contributed by atoms with Crippen LogP contribution in [0.5, 0.6) is 11.5 Å². The Labute approximate surface area is 125 Å². The first-order valence-electron chi connectivity index (χ1n) is 5.57. The molecule has 0 fully saturated rings. The minimum absolute atomic E-state index is 0.00923. The molecule has 0 saturated carbocycles. The summed E-state index contributed by atoms with van der Waals surface area (Å²) in [5.41, 5.74) is 7.18. The van der Waals surface area contributed by atoms with Gasteiger partial charge in [-0.2, -0.15) is 0 Å². The zero-order chi connectivity index (χ0) is 13.8. The van der Waals surface area contributed by atoms with Crippen molar-refractivity contribution in [3.05, 3.63) is 58.1 Å². The van der Waals surface area contributed by atoms with Crippen LogP contribution in [0.15, 0.2) is 46.9 Å². The molecule has 3 nitrogen and oxygen atoms in total. The molecule has 5 heteroatoms. The fraction of sp³-hybridized carbons (Fsp3) is 0.0714. The topological polar surface area (TPSA) is 55.5 Å². The van der Waals surface area contributed by atoms with Crippen LogP contribution in [0, 0.1) is 0 Å². The standard InChI is InChI=1S/C14H12BrNO2S/c15-10-3-6-12(14(16)19)13(7-10)18-11-4-1-9(8-17)2-5-11/h1-7,17H,8H2,(H2,16,19). The summed E-state index contributed by atoms with van der Waals surface area (Å²) in [6, 6.07) is 12.7. The first-order valence-corrected chi connectivity index (χ1v) is 6.77. The molecule has 0 spiro atoms. The second-order valence-electron chi connectivity index (χ2n) is 3.91. The number of ether oxygens (including phenoxy) is 1. The maximum atomic E-state index is 8.99. The zero-order valence-electron chi connectivity index (χ0n) is 9.97. The van der Waals surface area contributed by atoms with Gasteiger partial charge in [0.05, 0.1) is 12.2 Å². The summed E-state index contributed by atoms with van der Waals surface area (Å²) in [6.07, 6.45) is 0. The highest BCUT2D eigenvalue weighted by atomic mass is 79.9. The van der Waals surface area contributed by atoms with Gasteiger partial charge in [-0.05, 0) is 35.9 Å². The van der Waals surface area contributed by atoms with E-state index in [2.05, 4.69) is 15.9 Å². The largest absolute Gasteiger partial charge is 0.457 e. The van der Waals surface area contributed by atoms with Crippen molar-refractivity contribution >= 4 is 33.1 Å². The molecule has 0 atom stereocenters. The van der Waals surface area contributed by atoms with Crippen LogP contribution in [0.3, 0.4) is 0 Å². The molecule has 0 aliphatic rings. The summed E-state index contributed by atoms with van der Waals surface area (Å²) in [6.45, 7) is 0.00923. The number of benzene rings is 2. The van der Waals surface area contributed by atoms with E-state index < -0.39 is 0 Å². The molecular formula is C14H12BrNO2S. The average molecular weight is 338 g/mol. The van der Waals surface area contributed by atoms with Gasteiger partial charge in [0.25, 0.3) is 0 Å². The van der Waals surface area contributed by atoms with Crippen LogP contribution in [-0.2, 0) is 6.61 Å². The second-order valence-corrected chi connectivity index (χ2v) is 5.26. The molecule has 0 bridgehead atoms. The maximum Gasteiger partial charge on any atom is 0.138 e. The molecule has 0 unspecified atom stereocenters. The fourth-order valence-electron chi connectivity index (χ4n) is 1.57. The van der Waals surface area contributed by atoms with Crippen molar-refractivity contribution in [3.63, 3.8) is 0 Å². The number of rotatable bonds is 4. The average Bonchev–Trinajstić information content (AvgIpc) is 2.39. The van der Waals surface area contributed by atoms with Crippen molar-refractivity contribution < 1.29 is 9.84 Å². The van der Waals surface area contributed by atoms with Crippen molar-refractivity contribution in [2.24, 2.45) is 5.73 Å². The number of nitrogens with two attached hydrogens (primary N) is 1. The highest BCUT2D eigenvalue weighted by Crippen LogP contribution is 2.28. The van der Waals surface area contributed by atoms with Crippen molar-refractivity contribution in [2.45, 2.75) is 6.61 Å². The Kier molecular flexibility index (Phi) is 4.52. The van der Waals surface area contributed by atoms with Crippen molar-refractivity contribution in [1.29, 1.82) is 0 Å². The van der Waals surface area contributed by atoms with E-state index in [1.165, 1.54) is 0 Å². The van der Waals surface area contributed by atoms with E-state index in [0.717, 1.165) is 10.0 Å². The summed E-state index contributed by atoms with van der Waals surface area (Å²) in [5.74, 6) is 1.26. The molecule has 0 aliphatic heterocycles. The Morgan fingerprint density at radius 2 is 1.89 bits per heavy atom. The van der Waals surface area contributed by atoms with E-state index in [4.69, 9.17) is 27.8 Å². The second kappa shape index (κ2) is 6.14. The van der Waals surface area contributed by atoms with Gasteiger partial charge in [-0.1, -0.05) is 40.3 Å². The lowest BCUT2D eigenvalue weighted by molar-refractivity contribution is 0.281. The predicted octanol–water partition coefficient (Wildman–Crippen LogP) is 3.37. The smallest absolute Gasteiger partial charge is 0.138 e. The van der Waals surface area contributed by atoms with Gasteiger partial charge in [0.1, 0.15) is 16.5 Å². The highest BCUT2D eigenvalue weighted by molar-refractivity contribution is 9.10. The van der Waals surface area contributed by atoms with E-state index >= 15 is 0 Å². The molecule has 0 amide bonds. The lowest BCUT2D eigenvalue weighted by Gasteiger charge is -2.11. The lowest BCUT2D eigenvalue weighted by atomic mass is 10.2. The number of hydrogen-bond acceptors (Lipinski definition) is 3. The summed E-state index contributed by atoms with van der Waals surface area (Å²) in [7, 11) is 0. The van der Waals surface area contributed by atoms with E-state index in [1.54, 1.807) is 24.3 Å². The minimum Gasteiger partial charge on any atom is -0.457 e. The van der Waals surface area contributed by atoms with E-state index in [-0.39, 0.29) is 11.6 Å². The molecule has 3 N–H and O–H groups in total. The number of halogens is 1. The Bertz CT molecular complexity index is 599. The molecule has 0 saturated heterocycles. The third-order valence-electron chi connectivity index (χ3n) is 2.54. The summed E-state index contributed by atoms with van der Waals surface area (Å²) < 4.78 is 6.66. The minimum atomic E-state index is 0.00923.